The standard InChI is InChI=1S/C15H24O3Si2/c1-19(2,3)15(20(4,5)6,13(16)14(17)18)12-10-8-7-9-11-12/h7-11H,1-6H3,(H,17,18). The Morgan fingerprint density at radius 2 is 1.30 bits per heavy atom. The van der Waals surface area contributed by atoms with E-state index in [0.717, 1.165) is 5.56 Å². The molecule has 0 unspecified atom stereocenters. The summed E-state index contributed by atoms with van der Waals surface area (Å²) < 4.78 is -0.812. The summed E-state index contributed by atoms with van der Waals surface area (Å²) >= 11 is 0. The number of carboxylic acid groups (broad SMARTS) is 1. The lowest BCUT2D eigenvalue weighted by Gasteiger charge is -2.49. The van der Waals surface area contributed by atoms with Crippen LogP contribution in [0.4, 0.5) is 0 Å². The molecule has 0 fully saturated rings. The summed E-state index contributed by atoms with van der Waals surface area (Å²) in [5, 5.41) is 9.40. The smallest absolute Gasteiger partial charge is 0.372 e. The number of hydrogen-bond acceptors (Lipinski definition) is 2. The molecular weight excluding hydrogens is 284 g/mol. The Hall–Kier alpha value is -1.21. The molecule has 0 aliphatic heterocycles. The van der Waals surface area contributed by atoms with E-state index in [1.54, 1.807) is 0 Å². The van der Waals surface area contributed by atoms with Gasteiger partial charge in [0.15, 0.2) is 0 Å². The van der Waals surface area contributed by atoms with Gasteiger partial charge >= 0.3 is 5.97 Å². The first kappa shape index (κ1) is 16.8. The molecule has 0 aromatic heterocycles. The van der Waals surface area contributed by atoms with Crippen LogP contribution in [-0.2, 0) is 14.3 Å². The zero-order valence-corrected chi connectivity index (χ0v) is 15.2. The molecule has 20 heavy (non-hydrogen) atoms. The molecule has 0 saturated carbocycles. The van der Waals surface area contributed by atoms with Gasteiger partial charge in [-0.15, -0.1) is 0 Å². The molecule has 1 N–H and O–H groups in total. The lowest BCUT2D eigenvalue weighted by Crippen LogP contribution is -2.69. The fourth-order valence-electron chi connectivity index (χ4n) is 3.65. The summed E-state index contributed by atoms with van der Waals surface area (Å²) in [6, 6.07) is 9.50. The Morgan fingerprint density at radius 3 is 1.60 bits per heavy atom. The van der Waals surface area contributed by atoms with Crippen LogP contribution in [0.3, 0.4) is 0 Å². The second-order valence-corrected chi connectivity index (χ2v) is 18.3. The van der Waals surface area contributed by atoms with Crippen molar-refractivity contribution in [1.29, 1.82) is 0 Å². The molecule has 3 nitrogen and oxygen atoms in total. The van der Waals surface area contributed by atoms with Crippen molar-refractivity contribution in [2.45, 2.75) is 43.9 Å². The first-order chi connectivity index (χ1) is 8.96. The second-order valence-electron chi connectivity index (χ2n) is 7.25. The molecular formula is C15H24O3Si2. The van der Waals surface area contributed by atoms with Gasteiger partial charge in [-0.3, -0.25) is 4.79 Å². The Morgan fingerprint density at radius 1 is 0.900 bits per heavy atom. The van der Waals surface area contributed by atoms with Crippen molar-refractivity contribution >= 4 is 27.9 Å². The highest BCUT2D eigenvalue weighted by molar-refractivity contribution is 7.04. The van der Waals surface area contributed by atoms with Gasteiger partial charge in [-0.1, -0.05) is 69.6 Å². The number of hydrogen-bond donors (Lipinski definition) is 1. The van der Waals surface area contributed by atoms with Crippen LogP contribution in [0.1, 0.15) is 5.56 Å². The maximum Gasteiger partial charge on any atom is 0.372 e. The Bertz CT molecular complexity index is 496. The first-order valence-corrected chi connectivity index (χ1v) is 13.8. The predicted molar refractivity (Wildman–Crippen MR) is 87.5 cm³/mol. The number of rotatable bonds is 5. The fraction of sp³-hybridized carbons (Fsp3) is 0.467. The van der Waals surface area contributed by atoms with Crippen LogP contribution in [0.15, 0.2) is 30.3 Å². The maximum atomic E-state index is 12.7. The van der Waals surface area contributed by atoms with Gasteiger partial charge in [-0.25, -0.2) is 4.79 Å². The summed E-state index contributed by atoms with van der Waals surface area (Å²) in [6.07, 6.45) is 0. The van der Waals surface area contributed by atoms with Crippen molar-refractivity contribution in [1.82, 2.24) is 0 Å². The van der Waals surface area contributed by atoms with Gasteiger partial charge in [0.05, 0.1) is 20.8 Å². The average Bonchev–Trinajstić information content (AvgIpc) is 2.27. The summed E-state index contributed by atoms with van der Waals surface area (Å²) in [5.74, 6) is -1.93. The van der Waals surface area contributed by atoms with E-state index in [9.17, 15) is 14.7 Å². The zero-order valence-electron chi connectivity index (χ0n) is 13.2. The molecule has 1 aromatic carbocycles. The highest BCUT2D eigenvalue weighted by atomic mass is 28.4. The molecule has 0 atom stereocenters. The predicted octanol–water partition coefficient (Wildman–Crippen LogP) is 3.33. The topological polar surface area (TPSA) is 54.4 Å². The number of carbonyl (C=O) groups excluding carboxylic acids is 1. The van der Waals surface area contributed by atoms with E-state index in [1.807, 2.05) is 30.3 Å². The van der Waals surface area contributed by atoms with Crippen molar-refractivity contribution < 1.29 is 14.7 Å². The van der Waals surface area contributed by atoms with Crippen LogP contribution in [0.2, 0.25) is 39.3 Å². The highest BCUT2D eigenvalue weighted by Crippen LogP contribution is 2.43. The second kappa shape index (κ2) is 5.29. The lowest BCUT2D eigenvalue weighted by molar-refractivity contribution is -0.149. The Kier molecular flexibility index (Phi) is 4.46. The summed E-state index contributed by atoms with van der Waals surface area (Å²) in [7, 11) is -4.22. The van der Waals surface area contributed by atoms with Crippen molar-refractivity contribution in [2.75, 3.05) is 0 Å². The van der Waals surface area contributed by atoms with E-state index < -0.39 is 32.6 Å². The third-order valence-corrected chi connectivity index (χ3v) is 14.0. The van der Waals surface area contributed by atoms with Gasteiger partial charge in [0, 0.05) is 0 Å². The Labute approximate surface area is 123 Å². The van der Waals surface area contributed by atoms with E-state index in [4.69, 9.17) is 0 Å². The molecule has 0 heterocycles. The molecule has 0 spiro atoms. The summed E-state index contributed by atoms with van der Waals surface area (Å²) in [4.78, 5) is 24.2. The number of Topliss-reactive ketones (excluding diaryl/α,β-unsaturated/α-hetero) is 1. The van der Waals surface area contributed by atoms with E-state index in [1.165, 1.54) is 0 Å². The Balaban J connectivity index is 3.79. The molecule has 0 radical (unpaired) electrons. The first-order valence-electron chi connectivity index (χ1n) is 6.79. The third-order valence-electron chi connectivity index (χ3n) is 3.99. The highest BCUT2D eigenvalue weighted by Gasteiger charge is 2.60. The van der Waals surface area contributed by atoms with Crippen molar-refractivity contribution in [3.63, 3.8) is 0 Å². The van der Waals surface area contributed by atoms with Crippen LogP contribution in [0.5, 0.6) is 0 Å². The van der Waals surface area contributed by atoms with Crippen molar-refractivity contribution in [3.05, 3.63) is 35.9 Å². The molecule has 1 aromatic rings. The molecule has 0 amide bonds. The van der Waals surface area contributed by atoms with Gasteiger partial charge in [-0.2, -0.15) is 0 Å². The van der Waals surface area contributed by atoms with Gasteiger partial charge < -0.3 is 5.11 Å². The molecule has 1 rings (SSSR count). The molecule has 0 bridgehead atoms. The molecule has 0 aliphatic rings. The van der Waals surface area contributed by atoms with Crippen molar-refractivity contribution in [2.24, 2.45) is 0 Å². The van der Waals surface area contributed by atoms with E-state index in [0.29, 0.717) is 0 Å². The minimum atomic E-state index is -2.11. The molecule has 110 valence electrons. The average molecular weight is 309 g/mol. The van der Waals surface area contributed by atoms with E-state index >= 15 is 0 Å². The number of ketones is 1. The largest absolute Gasteiger partial charge is 0.475 e. The maximum absolute atomic E-state index is 12.7. The minimum Gasteiger partial charge on any atom is -0.475 e. The molecule has 5 heteroatoms. The monoisotopic (exact) mass is 308 g/mol. The third kappa shape index (κ3) is 2.52. The van der Waals surface area contributed by atoms with Gasteiger partial charge in [0.2, 0.25) is 5.78 Å². The normalized spacial score (nSPS) is 13.1. The summed E-state index contributed by atoms with van der Waals surface area (Å²) in [5.41, 5.74) is 0.880. The number of benzene rings is 1. The van der Waals surface area contributed by atoms with Crippen LogP contribution in [0.25, 0.3) is 0 Å². The van der Waals surface area contributed by atoms with E-state index in [2.05, 4.69) is 39.3 Å². The quantitative estimate of drug-likeness (QED) is 0.670. The lowest BCUT2D eigenvalue weighted by atomic mass is 10.1. The van der Waals surface area contributed by atoms with Crippen LogP contribution >= 0.6 is 0 Å². The number of carboxylic acids is 1. The van der Waals surface area contributed by atoms with Crippen LogP contribution < -0.4 is 0 Å². The van der Waals surface area contributed by atoms with Gasteiger partial charge in [0.1, 0.15) is 0 Å². The van der Waals surface area contributed by atoms with E-state index in [-0.39, 0.29) is 0 Å². The van der Waals surface area contributed by atoms with Crippen LogP contribution in [-0.4, -0.2) is 33.0 Å². The molecule has 0 aliphatic carbocycles. The minimum absolute atomic E-state index is 0.623. The number of aliphatic carboxylic acids is 1. The van der Waals surface area contributed by atoms with Gasteiger partial charge in [0.25, 0.3) is 0 Å². The van der Waals surface area contributed by atoms with Crippen molar-refractivity contribution in [3.8, 4) is 0 Å². The van der Waals surface area contributed by atoms with Crippen LogP contribution in [0, 0.1) is 0 Å². The number of carbonyl (C=O) groups is 2. The fourth-order valence-corrected chi connectivity index (χ4v) is 16.3. The van der Waals surface area contributed by atoms with Gasteiger partial charge in [-0.05, 0) is 5.56 Å². The zero-order chi connectivity index (χ0) is 15.8. The summed E-state index contributed by atoms with van der Waals surface area (Å²) in [6.45, 7) is 12.6. The molecule has 0 saturated heterocycles. The SMILES string of the molecule is C[Si](C)(C)C(C(=O)C(=O)O)(c1ccccc1)[Si](C)(C)C.